The standard InChI is InChI=1S/C16H27N3/c1-3-8-17-16-12-15(6-9-18-16)13-19-10-4-5-14(2)7-11-19/h6,9,12,14H,3-5,7-8,10-11,13H2,1-2H3,(H,17,18). The van der Waals surface area contributed by atoms with Crippen LogP contribution in [0.5, 0.6) is 0 Å². The van der Waals surface area contributed by atoms with Gasteiger partial charge in [-0.2, -0.15) is 0 Å². The Bertz CT molecular complexity index is 378. The summed E-state index contributed by atoms with van der Waals surface area (Å²) in [6.07, 6.45) is 7.12. The minimum absolute atomic E-state index is 0.893. The molecule has 0 aliphatic carbocycles. The van der Waals surface area contributed by atoms with Gasteiger partial charge in [0, 0.05) is 19.3 Å². The molecule has 1 N–H and O–H groups in total. The van der Waals surface area contributed by atoms with Crippen molar-refractivity contribution in [3.05, 3.63) is 23.9 Å². The number of rotatable bonds is 5. The second-order valence-corrected chi connectivity index (χ2v) is 5.79. The molecule has 106 valence electrons. The molecule has 1 saturated heterocycles. The van der Waals surface area contributed by atoms with Crippen molar-refractivity contribution in [3.8, 4) is 0 Å². The summed E-state index contributed by atoms with van der Waals surface area (Å²) in [5.74, 6) is 1.91. The van der Waals surface area contributed by atoms with Crippen LogP contribution in [0.1, 0.15) is 45.1 Å². The Labute approximate surface area is 117 Å². The molecule has 3 nitrogen and oxygen atoms in total. The van der Waals surface area contributed by atoms with Crippen molar-refractivity contribution in [1.29, 1.82) is 0 Å². The van der Waals surface area contributed by atoms with Crippen LogP contribution >= 0.6 is 0 Å². The monoisotopic (exact) mass is 261 g/mol. The van der Waals surface area contributed by atoms with Crippen LogP contribution in [0.2, 0.25) is 0 Å². The van der Waals surface area contributed by atoms with Crippen LogP contribution in [-0.2, 0) is 6.54 Å². The molecule has 1 atom stereocenters. The highest BCUT2D eigenvalue weighted by atomic mass is 15.1. The molecule has 1 aromatic rings. The smallest absolute Gasteiger partial charge is 0.126 e. The van der Waals surface area contributed by atoms with E-state index in [2.05, 4.69) is 41.2 Å². The lowest BCUT2D eigenvalue weighted by Gasteiger charge is -2.20. The molecule has 3 heteroatoms. The average Bonchev–Trinajstić information content (AvgIpc) is 2.62. The summed E-state index contributed by atoms with van der Waals surface area (Å²) in [5, 5.41) is 3.36. The van der Waals surface area contributed by atoms with Gasteiger partial charge in [-0.15, -0.1) is 0 Å². The van der Waals surface area contributed by atoms with Crippen LogP contribution in [0, 0.1) is 5.92 Å². The third-order valence-corrected chi connectivity index (χ3v) is 3.90. The molecule has 0 bridgehead atoms. The Morgan fingerprint density at radius 2 is 2.26 bits per heavy atom. The molecule has 1 aliphatic rings. The molecule has 2 heterocycles. The van der Waals surface area contributed by atoms with Crippen molar-refractivity contribution in [2.24, 2.45) is 5.92 Å². The number of anilines is 1. The van der Waals surface area contributed by atoms with Crippen LogP contribution < -0.4 is 5.32 Å². The van der Waals surface area contributed by atoms with Gasteiger partial charge >= 0.3 is 0 Å². The molecular formula is C16H27N3. The molecule has 0 radical (unpaired) electrons. The number of nitrogens with zero attached hydrogens (tertiary/aromatic N) is 2. The molecule has 1 aliphatic heterocycles. The summed E-state index contributed by atoms with van der Waals surface area (Å²) in [5.41, 5.74) is 1.38. The van der Waals surface area contributed by atoms with Crippen molar-refractivity contribution in [3.63, 3.8) is 0 Å². The van der Waals surface area contributed by atoms with Crippen molar-refractivity contribution < 1.29 is 0 Å². The van der Waals surface area contributed by atoms with Gasteiger partial charge in [0.25, 0.3) is 0 Å². The maximum Gasteiger partial charge on any atom is 0.126 e. The van der Waals surface area contributed by atoms with E-state index in [0.717, 1.165) is 31.2 Å². The Morgan fingerprint density at radius 1 is 1.37 bits per heavy atom. The highest BCUT2D eigenvalue weighted by Crippen LogP contribution is 2.18. The zero-order valence-corrected chi connectivity index (χ0v) is 12.4. The van der Waals surface area contributed by atoms with E-state index in [-0.39, 0.29) is 0 Å². The first-order valence-corrected chi connectivity index (χ1v) is 7.69. The maximum absolute atomic E-state index is 4.37. The minimum Gasteiger partial charge on any atom is -0.370 e. The van der Waals surface area contributed by atoms with Crippen molar-refractivity contribution >= 4 is 5.82 Å². The summed E-state index contributed by atoms with van der Waals surface area (Å²) >= 11 is 0. The summed E-state index contributed by atoms with van der Waals surface area (Å²) in [6.45, 7) is 9.09. The van der Waals surface area contributed by atoms with Gasteiger partial charge in [-0.05, 0) is 62.4 Å². The Balaban J connectivity index is 1.90. The topological polar surface area (TPSA) is 28.2 Å². The zero-order chi connectivity index (χ0) is 13.5. The summed E-state index contributed by atoms with van der Waals surface area (Å²) < 4.78 is 0. The van der Waals surface area contributed by atoms with Crippen LogP contribution in [-0.4, -0.2) is 29.5 Å². The van der Waals surface area contributed by atoms with Gasteiger partial charge < -0.3 is 5.32 Å². The van der Waals surface area contributed by atoms with Crippen LogP contribution in [0.15, 0.2) is 18.3 Å². The number of likely N-dealkylation sites (tertiary alicyclic amines) is 1. The molecule has 2 rings (SSSR count). The molecule has 0 amide bonds. The zero-order valence-electron chi connectivity index (χ0n) is 12.4. The van der Waals surface area contributed by atoms with Gasteiger partial charge in [-0.3, -0.25) is 4.90 Å². The molecule has 1 fully saturated rings. The highest BCUT2D eigenvalue weighted by molar-refractivity contribution is 5.37. The summed E-state index contributed by atoms with van der Waals surface area (Å²) in [4.78, 5) is 6.96. The molecule has 1 unspecified atom stereocenters. The van der Waals surface area contributed by atoms with E-state index in [1.54, 1.807) is 0 Å². The van der Waals surface area contributed by atoms with Gasteiger partial charge in [0.05, 0.1) is 0 Å². The minimum atomic E-state index is 0.893. The fraction of sp³-hybridized carbons (Fsp3) is 0.688. The van der Waals surface area contributed by atoms with Gasteiger partial charge in [-0.25, -0.2) is 4.98 Å². The number of hydrogen-bond donors (Lipinski definition) is 1. The highest BCUT2D eigenvalue weighted by Gasteiger charge is 2.13. The van der Waals surface area contributed by atoms with E-state index in [4.69, 9.17) is 0 Å². The second kappa shape index (κ2) is 7.49. The van der Waals surface area contributed by atoms with Crippen molar-refractivity contribution in [1.82, 2.24) is 9.88 Å². The molecule has 1 aromatic heterocycles. The predicted octanol–water partition coefficient (Wildman–Crippen LogP) is 3.53. The molecule has 0 aromatic carbocycles. The Kier molecular flexibility index (Phi) is 5.64. The second-order valence-electron chi connectivity index (χ2n) is 5.79. The van der Waals surface area contributed by atoms with Crippen molar-refractivity contribution in [2.45, 2.75) is 46.1 Å². The first-order chi connectivity index (χ1) is 9.28. The predicted molar refractivity (Wildman–Crippen MR) is 81.3 cm³/mol. The van der Waals surface area contributed by atoms with E-state index in [1.165, 1.54) is 37.9 Å². The summed E-state index contributed by atoms with van der Waals surface area (Å²) in [6, 6.07) is 4.34. The third kappa shape index (κ3) is 4.83. The van der Waals surface area contributed by atoms with Crippen LogP contribution in [0.25, 0.3) is 0 Å². The number of aromatic nitrogens is 1. The van der Waals surface area contributed by atoms with Crippen LogP contribution in [0.3, 0.4) is 0 Å². The normalized spacial score (nSPS) is 21.1. The summed E-state index contributed by atoms with van der Waals surface area (Å²) in [7, 11) is 0. The fourth-order valence-electron chi connectivity index (χ4n) is 2.66. The lowest BCUT2D eigenvalue weighted by molar-refractivity contribution is 0.273. The molecule has 0 saturated carbocycles. The first kappa shape index (κ1) is 14.3. The van der Waals surface area contributed by atoms with E-state index in [9.17, 15) is 0 Å². The van der Waals surface area contributed by atoms with Gasteiger partial charge in [0.2, 0.25) is 0 Å². The van der Waals surface area contributed by atoms with Gasteiger partial charge in [0.1, 0.15) is 5.82 Å². The van der Waals surface area contributed by atoms with E-state index in [1.807, 2.05) is 6.20 Å². The first-order valence-electron chi connectivity index (χ1n) is 7.69. The van der Waals surface area contributed by atoms with E-state index in [0.29, 0.717) is 0 Å². The number of nitrogens with one attached hydrogen (secondary N) is 1. The number of hydrogen-bond acceptors (Lipinski definition) is 3. The lowest BCUT2D eigenvalue weighted by Crippen LogP contribution is -2.24. The van der Waals surface area contributed by atoms with Crippen molar-refractivity contribution in [2.75, 3.05) is 25.0 Å². The SMILES string of the molecule is CCCNc1cc(CN2CCCC(C)CC2)ccn1. The molecular weight excluding hydrogens is 234 g/mol. The Hall–Kier alpha value is -1.09. The lowest BCUT2D eigenvalue weighted by atomic mass is 10.0. The average molecular weight is 261 g/mol. The van der Waals surface area contributed by atoms with E-state index >= 15 is 0 Å². The quantitative estimate of drug-likeness (QED) is 0.879. The Morgan fingerprint density at radius 3 is 3.11 bits per heavy atom. The molecule has 19 heavy (non-hydrogen) atoms. The molecule has 0 spiro atoms. The van der Waals surface area contributed by atoms with Gasteiger partial charge in [-0.1, -0.05) is 13.8 Å². The maximum atomic E-state index is 4.37. The van der Waals surface area contributed by atoms with Gasteiger partial charge in [0.15, 0.2) is 0 Å². The van der Waals surface area contributed by atoms with Crippen LogP contribution in [0.4, 0.5) is 5.82 Å². The largest absolute Gasteiger partial charge is 0.370 e. The fourth-order valence-corrected chi connectivity index (χ4v) is 2.66. The third-order valence-electron chi connectivity index (χ3n) is 3.90. The van der Waals surface area contributed by atoms with E-state index < -0.39 is 0 Å². The number of pyridine rings is 1.